The van der Waals surface area contributed by atoms with Gasteiger partial charge in [-0.3, -0.25) is 0 Å². The number of rotatable bonds is 5. The van der Waals surface area contributed by atoms with E-state index in [0.29, 0.717) is 35.9 Å². The van der Waals surface area contributed by atoms with Crippen molar-refractivity contribution in [3.8, 4) is 11.1 Å². The molecule has 2 aliphatic rings. The van der Waals surface area contributed by atoms with Crippen LogP contribution in [-0.4, -0.2) is 64.1 Å². The standard InChI is InChI=1S/C23H30N2O3S/c1-24(2)22-13-19-15-25(16-20(19)14-23(22)28-3)29(26,27)21-11-9-18(10-12-21)17-7-5-4-6-8-17/h4-12,19-20,22-23H,13-16H2,1-3H3/t19-,20+,22-,23-/m1/s1. The van der Waals surface area contributed by atoms with Gasteiger partial charge in [0.05, 0.1) is 11.0 Å². The molecule has 0 N–H and O–H groups in total. The first-order chi connectivity index (χ1) is 13.9. The molecule has 1 saturated carbocycles. The van der Waals surface area contributed by atoms with Crippen LogP contribution < -0.4 is 0 Å². The van der Waals surface area contributed by atoms with E-state index in [1.54, 1.807) is 23.5 Å². The van der Waals surface area contributed by atoms with Crippen molar-refractivity contribution in [1.82, 2.24) is 9.21 Å². The Hall–Kier alpha value is -1.73. The lowest BCUT2D eigenvalue weighted by Crippen LogP contribution is -2.47. The fraction of sp³-hybridized carbons (Fsp3) is 0.478. The number of ether oxygens (including phenoxy) is 1. The maximum atomic E-state index is 13.3. The van der Waals surface area contributed by atoms with Gasteiger partial charge in [-0.2, -0.15) is 4.31 Å². The van der Waals surface area contributed by atoms with E-state index in [0.717, 1.165) is 24.0 Å². The van der Waals surface area contributed by atoms with Crippen molar-refractivity contribution < 1.29 is 13.2 Å². The monoisotopic (exact) mass is 414 g/mol. The van der Waals surface area contributed by atoms with Gasteiger partial charge in [0.1, 0.15) is 0 Å². The second kappa shape index (κ2) is 8.19. The molecular formula is C23H30N2O3S. The van der Waals surface area contributed by atoms with Crippen molar-refractivity contribution in [2.24, 2.45) is 11.8 Å². The molecular weight excluding hydrogens is 384 g/mol. The van der Waals surface area contributed by atoms with Gasteiger partial charge in [-0.15, -0.1) is 0 Å². The number of nitrogens with zero attached hydrogens (tertiary/aromatic N) is 2. The topological polar surface area (TPSA) is 49.9 Å². The van der Waals surface area contributed by atoms with Crippen molar-refractivity contribution in [3.05, 3.63) is 54.6 Å². The van der Waals surface area contributed by atoms with Gasteiger partial charge < -0.3 is 9.64 Å². The average molecular weight is 415 g/mol. The van der Waals surface area contributed by atoms with Crippen LogP contribution in [0.25, 0.3) is 11.1 Å². The van der Waals surface area contributed by atoms with Crippen LogP contribution in [0.4, 0.5) is 0 Å². The van der Waals surface area contributed by atoms with E-state index < -0.39 is 10.0 Å². The number of fused-ring (bicyclic) bond motifs is 1. The first kappa shape index (κ1) is 20.5. The quantitative estimate of drug-likeness (QED) is 0.753. The minimum atomic E-state index is -3.48. The van der Waals surface area contributed by atoms with Crippen molar-refractivity contribution >= 4 is 10.0 Å². The van der Waals surface area contributed by atoms with Gasteiger partial charge in [-0.05, 0) is 62.0 Å². The highest BCUT2D eigenvalue weighted by atomic mass is 32.2. The molecule has 0 spiro atoms. The van der Waals surface area contributed by atoms with Gasteiger partial charge in [-0.25, -0.2) is 8.42 Å². The van der Waals surface area contributed by atoms with E-state index in [4.69, 9.17) is 4.74 Å². The van der Waals surface area contributed by atoms with Crippen LogP contribution in [0.2, 0.25) is 0 Å². The van der Waals surface area contributed by atoms with E-state index in [9.17, 15) is 8.42 Å². The fourth-order valence-electron chi connectivity index (χ4n) is 4.94. The summed E-state index contributed by atoms with van der Waals surface area (Å²) in [6.45, 7) is 1.20. The molecule has 1 aliphatic carbocycles. The molecule has 2 aromatic carbocycles. The minimum absolute atomic E-state index is 0.166. The average Bonchev–Trinajstić information content (AvgIpc) is 3.17. The third-order valence-corrected chi connectivity index (χ3v) is 8.46. The number of methoxy groups -OCH3 is 1. The van der Waals surface area contributed by atoms with E-state index in [-0.39, 0.29) is 6.10 Å². The van der Waals surface area contributed by atoms with Gasteiger partial charge in [0.25, 0.3) is 0 Å². The zero-order valence-electron chi connectivity index (χ0n) is 17.4. The smallest absolute Gasteiger partial charge is 0.243 e. The maximum Gasteiger partial charge on any atom is 0.243 e. The second-order valence-corrected chi connectivity index (χ2v) is 10.4. The molecule has 29 heavy (non-hydrogen) atoms. The first-order valence-corrected chi connectivity index (χ1v) is 11.7. The molecule has 156 valence electrons. The Morgan fingerprint density at radius 3 is 2.07 bits per heavy atom. The molecule has 2 fully saturated rings. The van der Waals surface area contributed by atoms with Crippen molar-refractivity contribution in [3.63, 3.8) is 0 Å². The summed E-state index contributed by atoms with van der Waals surface area (Å²) in [5.74, 6) is 0.765. The zero-order chi connectivity index (χ0) is 20.6. The summed E-state index contributed by atoms with van der Waals surface area (Å²) in [4.78, 5) is 2.59. The van der Waals surface area contributed by atoms with E-state index in [2.05, 4.69) is 19.0 Å². The second-order valence-electron chi connectivity index (χ2n) is 8.51. The lowest BCUT2D eigenvalue weighted by Gasteiger charge is -2.40. The number of sulfonamides is 1. The molecule has 0 amide bonds. The van der Waals surface area contributed by atoms with Crippen molar-refractivity contribution in [2.45, 2.75) is 29.9 Å². The lowest BCUT2D eigenvalue weighted by atomic mass is 9.77. The summed E-state index contributed by atoms with van der Waals surface area (Å²) < 4.78 is 34.0. The summed E-state index contributed by atoms with van der Waals surface area (Å²) in [6, 6.07) is 17.6. The van der Waals surface area contributed by atoms with Crippen LogP contribution in [0.3, 0.4) is 0 Å². The summed E-state index contributed by atoms with van der Waals surface area (Å²) in [5, 5.41) is 0. The predicted molar refractivity (Wildman–Crippen MR) is 115 cm³/mol. The van der Waals surface area contributed by atoms with Crippen molar-refractivity contribution in [2.75, 3.05) is 34.3 Å². The minimum Gasteiger partial charge on any atom is -0.380 e. The fourth-order valence-corrected chi connectivity index (χ4v) is 6.49. The van der Waals surface area contributed by atoms with Crippen LogP contribution >= 0.6 is 0 Å². The highest BCUT2D eigenvalue weighted by Gasteiger charge is 2.46. The van der Waals surface area contributed by atoms with E-state index >= 15 is 0 Å². The number of benzene rings is 2. The molecule has 1 aliphatic heterocycles. The van der Waals surface area contributed by atoms with Crippen LogP contribution in [0, 0.1) is 11.8 Å². The SMILES string of the molecule is CO[C@@H]1C[C@H]2CN(S(=O)(=O)c3ccc(-c4ccccc4)cc3)C[C@H]2C[C@H]1N(C)C. The molecule has 0 bridgehead atoms. The van der Waals surface area contributed by atoms with Gasteiger partial charge in [-0.1, -0.05) is 42.5 Å². The molecule has 5 nitrogen and oxygen atoms in total. The molecule has 4 rings (SSSR count). The third-order valence-electron chi connectivity index (χ3n) is 6.62. The Morgan fingerprint density at radius 2 is 1.48 bits per heavy atom. The molecule has 1 saturated heterocycles. The zero-order valence-corrected chi connectivity index (χ0v) is 18.2. The molecule has 1 heterocycles. The Balaban J connectivity index is 1.51. The molecule has 6 heteroatoms. The third kappa shape index (κ3) is 3.99. The van der Waals surface area contributed by atoms with E-state index in [1.807, 2.05) is 42.5 Å². The van der Waals surface area contributed by atoms with Crippen LogP contribution in [0.5, 0.6) is 0 Å². The van der Waals surface area contributed by atoms with Crippen molar-refractivity contribution in [1.29, 1.82) is 0 Å². The summed E-state index contributed by atoms with van der Waals surface area (Å²) >= 11 is 0. The van der Waals surface area contributed by atoms with Gasteiger partial charge >= 0.3 is 0 Å². The van der Waals surface area contributed by atoms with E-state index in [1.165, 1.54) is 0 Å². The lowest BCUT2D eigenvalue weighted by molar-refractivity contribution is -0.0209. The van der Waals surface area contributed by atoms with Gasteiger partial charge in [0, 0.05) is 26.2 Å². The van der Waals surface area contributed by atoms with Crippen LogP contribution in [0.1, 0.15) is 12.8 Å². The Morgan fingerprint density at radius 1 is 0.897 bits per heavy atom. The predicted octanol–water partition coefficient (Wildman–Crippen LogP) is 3.33. The highest BCUT2D eigenvalue weighted by molar-refractivity contribution is 7.89. The van der Waals surface area contributed by atoms with Gasteiger partial charge in [0.15, 0.2) is 0 Å². The Kier molecular flexibility index (Phi) is 5.80. The number of likely N-dealkylation sites (N-methyl/N-ethyl adjacent to an activating group) is 1. The molecule has 0 unspecified atom stereocenters. The van der Waals surface area contributed by atoms with Gasteiger partial charge in [0.2, 0.25) is 10.0 Å². The summed E-state index contributed by atoms with van der Waals surface area (Å²) in [6.07, 6.45) is 2.07. The molecule has 4 atom stereocenters. The normalized spacial score (nSPS) is 27.9. The number of hydrogen-bond acceptors (Lipinski definition) is 4. The Labute approximate surface area is 174 Å². The molecule has 0 aromatic heterocycles. The maximum absolute atomic E-state index is 13.3. The molecule has 2 aromatic rings. The first-order valence-electron chi connectivity index (χ1n) is 10.2. The molecule has 0 radical (unpaired) electrons. The summed E-state index contributed by atoms with van der Waals surface area (Å²) in [7, 11) is 2.44. The number of hydrogen-bond donors (Lipinski definition) is 0. The summed E-state index contributed by atoms with van der Waals surface area (Å²) in [5.41, 5.74) is 2.11. The Bertz CT molecular complexity index is 928. The van der Waals surface area contributed by atoms with Crippen LogP contribution in [0.15, 0.2) is 59.5 Å². The van der Waals surface area contributed by atoms with Crippen LogP contribution in [-0.2, 0) is 14.8 Å². The largest absolute Gasteiger partial charge is 0.380 e. The highest BCUT2D eigenvalue weighted by Crippen LogP contribution is 2.40.